The Hall–Kier alpha value is -2.44. The maximum atomic E-state index is 13.8. The minimum Gasteiger partial charge on any atom is -0.444 e. The molecule has 2 aromatic rings. The summed E-state index contributed by atoms with van der Waals surface area (Å²) in [6.07, 6.45) is 2.03. The Bertz CT molecular complexity index is 760. The Morgan fingerprint density at radius 2 is 2.21 bits per heavy atom. The molecule has 1 aliphatic heterocycles. The number of carbonyl (C=O) groups excluding carboxylic acids is 1. The van der Waals surface area contributed by atoms with Crippen LogP contribution in [0.15, 0.2) is 24.4 Å². The number of benzene rings is 1. The minimum atomic E-state index is -0.512. The van der Waals surface area contributed by atoms with Crippen LogP contribution in [0, 0.1) is 5.82 Å². The van der Waals surface area contributed by atoms with Crippen molar-refractivity contribution in [2.45, 2.75) is 38.8 Å². The summed E-state index contributed by atoms with van der Waals surface area (Å²) in [5, 5.41) is 3.82. The molecule has 6 nitrogen and oxygen atoms in total. The lowest BCUT2D eigenvalue weighted by molar-refractivity contribution is 0.0293. The van der Waals surface area contributed by atoms with E-state index in [1.54, 1.807) is 23.2 Å². The summed E-state index contributed by atoms with van der Waals surface area (Å²) >= 11 is 0. The minimum absolute atomic E-state index is 0.0155. The SMILES string of the molecule is CC(C)(C)OC(=O)N1CC[C@@H](Nc2ncc3cccc(F)c3n2)C1. The molecule has 0 saturated carbocycles. The number of nitrogens with one attached hydrogen (secondary N) is 1. The summed E-state index contributed by atoms with van der Waals surface area (Å²) in [5.41, 5.74) is -0.223. The van der Waals surface area contributed by atoms with Crippen molar-refractivity contribution in [3.8, 4) is 0 Å². The standard InChI is InChI=1S/C17H21FN4O2/c1-17(2,3)24-16(23)22-8-7-12(10-22)20-15-19-9-11-5-4-6-13(18)14(11)21-15/h4-6,9,12H,7-8,10H2,1-3H3,(H,19,20,21)/t12-/m1/s1. The molecule has 1 N–H and O–H groups in total. The van der Waals surface area contributed by atoms with Gasteiger partial charge in [0.1, 0.15) is 16.9 Å². The van der Waals surface area contributed by atoms with Gasteiger partial charge in [-0.15, -0.1) is 0 Å². The Morgan fingerprint density at radius 1 is 1.42 bits per heavy atom. The third kappa shape index (κ3) is 3.72. The molecular formula is C17H21FN4O2. The van der Waals surface area contributed by atoms with Crippen molar-refractivity contribution in [1.82, 2.24) is 14.9 Å². The van der Waals surface area contributed by atoms with Crippen LogP contribution in [0.3, 0.4) is 0 Å². The van der Waals surface area contributed by atoms with E-state index in [-0.39, 0.29) is 23.5 Å². The van der Waals surface area contributed by atoms with Crippen LogP contribution in [0.5, 0.6) is 0 Å². The number of fused-ring (bicyclic) bond motifs is 1. The van der Waals surface area contributed by atoms with Crippen molar-refractivity contribution in [3.05, 3.63) is 30.2 Å². The molecule has 1 aromatic carbocycles. The summed E-state index contributed by atoms with van der Waals surface area (Å²) in [5.74, 6) is -0.0107. The van der Waals surface area contributed by atoms with Crippen molar-refractivity contribution < 1.29 is 13.9 Å². The van der Waals surface area contributed by atoms with Gasteiger partial charge in [0.25, 0.3) is 0 Å². The van der Waals surface area contributed by atoms with Crippen LogP contribution >= 0.6 is 0 Å². The second-order valence-corrected chi connectivity index (χ2v) is 6.93. The zero-order valence-electron chi connectivity index (χ0n) is 14.0. The number of anilines is 1. The lowest BCUT2D eigenvalue weighted by atomic mass is 10.2. The van der Waals surface area contributed by atoms with Crippen LogP contribution in [0.2, 0.25) is 0 Å². The number of halogens is 1. The van der Waals surface area contributed by atoms with Crippen LogP contribution in [-0.4, -0.2) is 45.7 Å². The van der Waals surface area contributed by atoms with Gasteiger partial charge in [0, 0.05) is 30.7 Å². The monoisotopic (exact) mass is 332 g/mol. The van der Waals surface area contributed by atoms with Crippen molar-refractivity contribution in [3.63, 3.8) is 0 Å². The van der Waals surface area contributed by atoms with Crippen LogP contribution in [0.1, 0.15) is 27.2 Å². The van der Waals surface area contributed by atoms with Gasteiger partial charge in [-0.3, -0.25) is 0 Å². The van der Waals surface area contributed by atoms with Crippen LogP contribution in [0.25, 0.3) is 10.9 Å². The smallest absolute Gasteiger partial charge is 0.410 e. The summed E-state index contributed by atoms with van der Waals surface area (Å²) in [4.78, 5) is 22.2. The maximum absolute atomic E-state index is 13.8. The van der Waals surface area contributed by atoms with Gasteiger partial charge in [-0.05, 0) is 33.3 Å². The number of amides is 1. The molecular weight excluding hydrogens is 311 g/mol. The molecule has 0 unspecified atom stereocenters. The predicted octanol–water partition coefficient (Wildman–Crippen LogP) is 3.19. The van der Waals surface area contributed by atoms with Gasteiger partial charge in [-0.2, -0.15) is 0 Å². The molecule has 1 aromatic heterocycles. The van der Waals surface area contributed by atoms with Gasteiger partial charge < -0.3 is 15.0 Å². The highest BCUT2D eigenvalue weighted by Crippen LogP contribution is 2.19. The summed E-state index contributed by atoms with van der Waals surface area (Å²) in [6, 6.07) is 4.78. The molecule has 0 radical (unpaired) electrons. The molecule has 1 aliphatic rings. The van der Waals surface area contributed by atoms with Crippen molar-refractivity contribution in [2.24, 2.45) is 0 Å². The number of hydrogen-bond acceptors (Lipinski definition) is 5. The molecule has 24 heavy (non-hydrogen) atoms. The number of likely N-dealkylation sites (tertiary alicyclic amines) is 1. The fourth-order valence-electron chi connectivity index (χ4n) is 2.64. The first kappa shape index (κ1) is 16.4. The average molecular weight is 332 g/mol. The zero-order chi connectivity index (χ0) is 17.3. The fourth-order valence-corrected chi connectivity index (χ4v) is 2.64. The number of rotatable bonds is 2. The van der Waals surface area contributed by atoms with E-state index in [1.807, 2.05) is 20.8 Å². The molecule has 0 aliphatic carbocycles. The molecule has 0 spiro atoms. The molecule has 2 heterocycles. The maximum Gasteiger partial charge on any atom is 0.410 e. The Balaban J connectivity index is 1.65. The number of hydrogen-bond donors (Lipinski definition) is 1. The molecule has 1 amide bonds. The Morgan fingerprint density at radius 3 is 2.96 bits per heavy atom. The van der Waals surface area contributed by atoms with Crippen molar-refractivity contribution in [2.75, 3.05) is 18.4 Å². The molecule has 1 fully saturated rings. The highest BCUT2D eigenvalue weighted by atomic mass is 19.1. The average Bonchev–Trinajstić information content (AvgIpc) is 2.95. The second-order valence-electron chi connectivity index (χ2n) is 6.93. The van der Waals surface area contributed by atoms with Gasteiger partial charge in [0.2, 0.25) is 5.95 Å². The van der Waals surface area contributed by atoms with Gasteiger partial charge in [0.15, 0.2) is 0 Å². The van der Waals surface area contributed by atoms with E-state index in [1.165, 1.54) is 6.07 Å². The predicted molar refractivity (Wildman–Crippen MR) is 89.3 cm³/mol. The number of carbonyl (C=O) groups is 1. The molecule has 0 bridgehead atoms. The fraction of sp³-hybridized carbons (Fsp3) is 0.471. The number of nitrogens with zero attached hydrogens (tertiary/aromatic N) is 3. The molecule has 7 heteroatoms. The largest absolute Gasteiger partial charge is 0.444 e. The summed E-state index contributed by atoms with van der Waals surface area (Å²) in [6.45, 7) is 6.64. The van der Waals surface area contributed by atoms with E-state index in [0.29, 0.717) is 24.4 Å². The topological polar surface area (TPSA) is 67.3 Å². The molecule has 1 atom stereocenters. The van der Waals surface area contributed by atoms with E-state index < -0.39 is 5.60 Å². The van der Waals surface area contributed by atoms with E-state index >= 15 is 0 Å². The van der Waals surface area contributed by atoms with Gasteiger partial charge in [-0.25, -0.2) is 19.2 Å². The van der Waals surface area contributed by atoms with Crippen LogP contribution < -0.4 is 5.32 Å². The zero-order valence-corrected chi connectivity index (χ0v) is 14.0. The molecule has 3 rings (SSSR count). The van der Waals surface area contributed by atoms with Gasteiger partial charge in [-0.1, -0.05) is 12.1 Å². The van der Waals surface area contributed by atoms with E-state index in [0.717, 1.165) is 6.42 Å². The second kappa shape index (κ2) is 6.22. The molecule has 1 saturated heterocycles. The lowest BCUT2D eigenvalue weighted by Gasteiger charge is -2.24. The van der Waals surface area contributed by atoms with E-state index in [4.69, 9.17) is 4.74 Å². The van der Waals surface area contributed by atoms with Gasteiger partial charge >= 0.3 is 6.09 Å². The van der Waals surface area contributed by atoms with Crippen LogP contribution in [0.4, 0.5) is 15.1 Å². The van der Waals surface area contributed by atoms with E-state index in [9.17, 15) is 9.18 Å². The highest BCUT2D eigenvalue weighted by molar-refractivity contribution is 5.79. The third-order valence-corrected chi connectivity index (χ3v) is 3.73. The number of aromatic nitrogens is 2. The highest BCUT2D eigenvalue weighted by Gasteiger charge is 2.30. The third-order valence-electron chi connectivity index (χ3n) is 3.73. The lowest BCUT2D eigenvalue weighted by Crippen LogP contribution is -2.36. The van der Waals surface area contributed by atoms with Gasteiger partial charge in [0.05, 0.1) is 0 Å². The number of ether oxygens (including phenoxy) is 1. The first-order valence-electron chi connectivity index (χ1n) is 7.97. The quantitative estimate of drug-likeness (QED) is 0.915. The van der Waals surface area contributed by atoms with Crippen molar-refractivity contribution >= 4 is 22.9 Å². The Labute approximate surface area is 140 Å². The van der Waals surface area contributed by atoms with Crippen molar-refractivity contribution in [1.29, 1.82) is 0 Å². The first-order valence-corrected chi connectivity index (χ1v) is 7.97. The molecule has 128 valence electrons. The Kier molecular flexibility index (Phi) is 4.26. The van der Waals surface area contributed by atoms with Crippen LogP contribution in [-0.2, 0) is 4.74 Å². The summed E-state index contributed by atoms with van der Waals surface area (Å²) in [7, 11) is 0. The normalized spacial score (nSPS) is 18.0. The first-order chi connectivity index (χ1) is 11.3. The number of para-hydroxylation sites is 1. The van der Waals surface area contributed by atoms with E-state index in [2.05, 4.69) is 15.3 Å². The summed E-state index contributed by atoms with van der Waals surface area (Å²) < 4.78 is 19.2.